The first-order chi connectivity index (χ1) is 17.9. The number of benzene rings is 2. The zero-order chi connectivity index (χ0) is 25.8. The fraction of sp³-hybridized carbons (Fsp3) is 0.393. The second-order valence-electron chi connectivity index (χ2n) is 9.60. The van der Waals surface area contributed by atoms with Crippen LogP contribution in [0.15, 0.2) is 53.3 Å². The third kappa shape index (κ3) is 6.36. The Balaban J connectivity index is 1.37. The molecule has 1 amide bonds. The monoisotopic (exact) mass is 504 g/mol. The molecule has 0 spiro atoms. The number of nitrogens with zero attached hydrogens (tertiary/aromatic N) is 2. The molecule has 0 radical (unpaired) electrons. The van der Waals surface area contributed by atoms with Crippen molar-refractivity contribution >= 4 is 5.91 Å². The number of carbonyl (C=O) groups is 1. The zero-order valence-electron chi connectivity index (χ0n) is 21.2. The van der Waals surface area contributed by atoms with Gasteiger partial charge in [-0.15, -0.1) is 0 Å². The van der Waals surface area contributed by atoms with Crippen LogP contribution in [0.1, 0.15) is 35.5 Å². The van der Waals surface area contributed by atoms with E-state index in [2.05, 4.69) is 20.2 Å². The van der Waals surface area contributed by atoms with Gasteiger partial charge in [0.2, 0.25) is 5.91 Å². The van der Waals surface area contributed by atoms with E-state index in [4.69, 9.17) is 14.2 Å². The largest absolute Gasteiger partial charge is 0.493 e. The number of rotatable bonds is 3. The average molecular weight is 505 g/mol. The number of aromatic nitrogens is 2. The summed E-state index contributed by atoms with van der Waals surface area (Å²) >= 11 is 0. The normalized spacial score (nSPS) is 20.5. The first-order valence-electron chi connectivity index (χ1n) is 12.6. The number of hydrogen-bond donors (Lipinski definition) is 2. The Morgan fingerprint density at radius 1 is 1.11 bits per heavy atom. The number of piperidine rings is 1. The summed E-state index contributed by atoms with van der Waals surface area (Å²) in [6.07, 6.45) is 1.54. The van der Waals surface area contributed by atoms with E-state index in [1.54, 1.807) is 14.0 Å². The van der Waals surface area contributed by atoms with Gasteiger partial charge in [-0.3, -0.25) is 14.5 Å². The molecule has 0 aliphatic carbocycles. The molecule has 2 aliphatic rings. The highest BCUT2D eigenvalue weighted by atomic mass is 16.5. The number of H-pyrrole nitrogens is 1. The number of hydrogen-bond acceptors (Lipinski definition) is 7. The lowest BCUT2D eigenvalue weighted by atomic mass is 10.0. The van der Waals surface area contributed by atoms with E-state index in [0.717, 1.165) is 29.8 Å². The van der Waals surface area contributed by atoms with Crippen LogP contribution in [0.5, 0.6) is 17.2 Å². The third-order valence-corrected chi connectivity index (χ3v) is 6.74. The van der Waals surface area contributed by atoms with E-state index >= 15 is 0 Å². The van der Waals surface area contributed by atoms with Crippen LogP contribution in [-0.4, -0.2) is 53.1 Å². The van der Waals surface area contributed by atoms with Crippen molar-refractivity contribution < 1.29 is 19.0 Å². The number of aromatic amines is 1. The first-order valence-corrected chi connectivity index (χ1v) is 12.6. The quantitative estimate of drug-likeness (QED) is 0.565. The van der Waals surface area contributed by atoms with Crippen molar-refractivity contribution in [3.05, 3.63) is 81.5 Å². The van der Waals surface area contributed by atoms with Crippen molar-refractivity contribution in [2.45, 2.75) is 51.5 Å². The minimum atomic E-state index is -0.180. The fourth-order valence-corrected chi connectivity index (χ4v) is 4.95. The molecule has 2 aromatic carbocycles. The van der Waals surface area contributed by atoms with Crippen molar-refractivity contribution in [1.29, 1.82) is 0 Å². The number of fused-ring (bicyclic) bond motifs is 5. The number of amides is 1. The summed E-state index contributed by atoms with van der Waals surface area (Å²) < 4.78 is 18.0. The Morgan fingerprint density at radius 3 is 2.84 bits per heavy atom. The molecular weight excluding hydrogens is 472 g/mol. The Kier molecular flexibility index (Phi) is 7.52. The van der Waals surface area contributed by atoms with Gasteiger partial charge in [0, 0.05) is 32.1 Å². The van der Waals surface area contributed by atoms with Gasteiger partial charge in [0.1, 0.15) is 11.6 Å². The number of likely N-dealkylation sites (tertiary alicyclic amines) is 1. The van der Waals surface area contributed by atoms with Crippen LogP contribution in [0.3, 0.4) is 0 Å². The predicted octanol–water partition coefficient (Wildman–Crippen LogP) is 3.10. The van der Waals surface area contributed by atoms with Gasteiger partial charge >= 0.3 is 0 Å². The van der Waals surface area contributed by atoms with Crippen molar-refractivity contribution in [2.75, 3.05) is 20.2 Å². The van der Waals surface area contributed by atoms with Gasteiger partial charge in [0.05, 0.1) is 31.6 Å². The van der Waals surface area contributed by atoms with Crippen LogP contribution in [0.4, 0.5) is 0 Å². The fourth-order valence-electron chi connectivity index (χ4n) is 4.95. The van der Waals surface area contributed by atoms with Gasteiger partial charge in [0.15, 0.2) is 11.5 Å². The van der Waals surface area contributed by atoms with E-state index in [1.807, 2.05) is 42.5 Å². The summed E-state index contributed by atoms with van der Waals surface area (Å²) in [5.74, 6) is 2.51. The molecule has 5 rings (SSSR count). The van der Waals surface area contributed by atoms with Gasteiger partial charge in [-0.1, -0.05) is 18.2 Å². The van der Waals surface area contributed by atoms with Crippen LogP contribution in [0.2, 0.25) is 0 Å². The SMILES string of the molecule is COc1ccc2cc1Oc1cccc(c1)CO[C@@H]1CCN(Cc3cc(=O)[nH]c(C)n3)C[C@@H]1NC(=O)CC2. The molecule has 9 nitrogen and oxygen atoms in total. The van der Waals surface area contributed by atoms with Crippen LogP contribution in [-0.2, 0) is 29.1 Å². The summed E-state index contributed by atoms with van der Waals surface area (Å²) in [4.78, 5) is 34.2. The van der Waals surface area contributed by atoms with Crippen LogP contribution in [0, 0.1) is 6.92 Å². The highest BCUT2D eigenvalue weighted by Gasteiger charge is 2.31. The highest BCUT2D eigenvalue weighted by Crippen LogP contribution is 2.33. The Morgan fingerprint density at radius 2 is 2.00 bits per heavy atom. The van der Waals surface area contributed by atoms with Gasteiger partial charge in [-0.25, -0.2) is 4.98 Å². The van der Waals surface area contributed by atoms with Crippen LogP contribution >= 0.6 is 0 Å². The molecular formula is C28H32N4O5. The number of carbonyl (C=O) groups excluding carboxylic acids is 1. The summed E-state index contributed by atoms with van der Waals surface area (Å²) in [6, 6.07) is 14.9. The summed E-state index contributed by atoms with van der Waals surface area (Å²) in [5.41, 5.74) is 2.54. The molecule has 0 saturated carbocycles. The molecule has 4 bridgehead atoms. The van der Waals surface area contributed by atoms with Gasteiger partial charge in [-0.2, -0.15) is 0 Å². The van der Waals surface area contributed by atoms with Crippen molar-refractivity contribution in [2.24, 2.45) is 0 Å². The van der Waals surface area contributed by atoms with Crippen molar-refractivity contribution in [1.82, 2.24) is 20.2 Å². The topological polar surface area (TPSA) is 106 Å². The van der Waals surface area contributed by atoms with E-state index in [0.29, 0.717) is 55.6 Å². The summed E-state index contributed by atoms with van der Waals surface area (Å²) in [5, 5.41) is 3.21. The smallest absolute Gasteiger partial charge is 0.251 e. The molecule has 3 aromatic rings. The van der Waals surface area contributed by atoms with E-state index < -0.39 is 0 Å². The zero-order valence-corrected chi connectivity index (χ0v) is 21.2. The predicted molar refractivity (Wildman–Crippen MR) is 138 cm³/mol. The molecule has 0 unspecified atom stereocenters. The number of methoxy groups -OCH3 is 1. The minimum absolute atomic E-state index is 0.0284. The van der Waals surface area contributed by atoms with Crippen LogP contribution < -0.4 is 20.3 Å². The van der Waals surface area contributed by atoms with Crippen LogP contribution in [0.25, 0.3) is 0 Å². The molecule has 2 atom stereocenters. The Hall–Kier alpha value is -3.69. The van der Waals surface area contributed by atoms with E-state index in [9.17, 15) is 9.59 Å². The molecule has 2 N–H and O–H groups in total. The van der Waals surface area contributed by atoms with Gasteiger partial charge < -0.3 is 24.5 Å². The Bertz CT molecular complexity index is 1320. The molecule has 1 fully saturated rings. The molecule has 194 valence electrons. The lowest BCUT2D eigenvalue weighted by Gasteiger charge is -2.38. The number of nitrogens with one attached hydrogen (secondary N) is 2. The summed E-state index contributed by atoms with van der Waals surface area (Å²) in [7, 11) is 1.61. The first kappa shape index (κ1) is 25.0. The van der Waals surface area contributed by atoms with Crippen molar-refractivity contribution in [3.8, 4) is 17.2 Å². The van der Waals surface area contributed by atoms with Crippen molar-refractivity contribution in [3.63, 3.8) is 0 Å². The highest BCUT2D eigenvalue weighted by molar-refractivity contribution is 5.76. The standard InChI is InChI=1S/C28H32N4O5/c1-18-29-21(14-28(34)30-18)15-32-11-10-24-23(16-32)31-27(33)9-7-19-6-8-25(35-2)26(13-19)37-22-5-3-4-20(12-22)17-36-24/h3-6,8,12-14,23-24H,7,9-11,15-17H2,1-2H3,(H,31,33)(H,29,30,34)/t23-,24+/m0/s1. The second kappa shape index (κ2) is 11.1. The minimum Gasteiger partial charge on any atom is -0.493 e. The van der Waals surface area contributed by atoms with E-state index in [1.165, 1.54) is 6.07 Å². The number of ether oxygens (including phenoxy) is 3. The van der Waals surface area contributed by atoms with Gasteiger partial charge in [-0.05, 0) is 55.2 Å². The lowest BCUT2D eigenvalue weighted by Crippen LogP contribution is -2.55. The molecule has 3 heterocycles. The summed E-state index contributed by atoms with van der Waals surface area (Å²) in [6.45, 7) is 4.11. The second-order valence-corrected chi connectivity index (χ2v) is 9.60. The molecule has 37 heavy (non-hydrogen) atoms. The maximum absolute atomic E-state index is 13.0. The maximum Gasteiger partial charge on any atom is 0.251 e. The molecule has 2 aliphatic heterocycles. The maximum atomic E-state index is 13.0. The average Bonchev–Trinajstić information content (AvgIpc) is 2.86. The lowest BCUT2D eigenvalue weighted by molar-refractivity contribution is -0.124. The third-order valence-electron chi connectivity index (χ3n) is 6.74. The number of aryl methyl sites for hydroxylation is 2. The van der Waals surface area contributed by atoms with Gasteiger partial charge in [0.25, 0.3) is 5.56 Å². The Labute approximate surface area is 215 Å². The van der Waals surface area contributed by atoms with E-state index in [-0.39, 0.29) is 23.6 Å². The molecule has 1 aromatic heterocycles. The molecule has 9 heteroatoms. The molecule has 1 saturated heterocycles.